The number of ether oxygens (including phenoxy) is 1. The number of carbonyl (C=O) groups is 2. The Hall–Kier alpha value is -4.19. The van der Waals surface area contributed by atoms with Gasteiger partial charge in [0.05, 0.1) is 34.4 Å². The van der Waals surface area contributed by atoms with Crippen molar-refractivity contribution in [3.63, 3.8) is 0 Å². The zero-order valence-electron chi connectivity index (χ0n) is 24.4. The van der Waals surface area contributed by atoms with Gasteiger partial charge in [-0.05, 0) is 68.3 Å². The first-order valence-electron chi connectivity index (χ1n) is 14.1. The maximum atomic E-state index is 14.6. The van der Waals surface area contributed by atoms with Gasteiger partial charge in [0.25, 0.3) is 21.8 Å². The molecule has 0 aliphatic carbocycles. The first-order valence-corrected chi connectivity index (χ1v) is 16.3. The number of rotatable bonds is 7. The Morgan fingerprint density at radius 2 is 1.78 bits per heavy atom. The summed E-state index contributed by atoms with van der Waals surface area (Å²) in [5.74, 6) is -1.26. The SMILES string of the molecule is CCn1cc(S(=O)(=O)N2CC(C(C)N3C(=O)c4ccccc4C3=O)Oc3ccc(C=C(C)c4c(F)cccc4Cl)cc32)c(Cl)n1. The molecule has 232 valence electrons. The Bertz CT molecular complexity index is 1960. The van der Waals surface area contributed by atoms with Crippen LogP contribution in [0.3, 0.4) is 0 Å². The molecule has 0 saturated carbocycles. The monoisotopic (exact) mass is 668 g/mol. The molecule has 2 atom stereocenters. The number of anilines is 1. The number of aromatic nitrogens is 2. The van der Waals surface area contributed by atoms with E-state index in [1.54, 1.807) is 75.4 Å². The number of sulfonamides is 1. The second-order valence-corrected chi connectivity index (χ2v) is 13.3. The van der Waals surface area contributed by atoms with Crippen LogP contribution < -0.4 is 9.04 Å². The zero-order chi connectivity index (χ0) is 32.2. The highest BCUT2D eigenvalue weighted by Gasteiger charge is 2.45. The number of nitrogens with zero attached hydrogens (tertiary/aromatic N) is 4. The summed E-state index contributed by atoms with van der Waals surface area (Å²) in [5.41, 5.74) is 2.05. The highest BCUT2D eigenvalue weighted by atomic mass is 35.5. The minimum atomic E-state index is -4.33. The van der Waals surface area contributed by atoms with Crippen molar-refractivity contribution in [2.45, 2.75) is 44.4 Å². The van der Waals surface area contributed by atoms with Crippen molar-refractivity contribution in [2.75, 3.05) is 10.8 Å². The number of fused-ring (bicyclic) bond motifs is 2. The average Bonchev–Trinajstić information content (AvgIpc) is 3.52. The van der Waals surface area contributed by atoms with Gasteiger partial charge in [0.15, 0.2) is 5.15 Å². The van der Waals surface area contributed by atoms with E-state index in [2.05, 4.69) is 5.10 Å². The summed E-state index contributed by atoms with van der Waals surface area (Å²) in [5, 5.41) is 4.14. The Morgan fingerprint density at radius 3 is 2.40 bits per heavy atom. The summed E-state index contributed by atoms with van der Waals surface area (Å²) in [7, 11) is -4.33. The van der Waals surface area contributed by atoms with E-state index < -0.39 is 39.8 Å². The standard InChI is InChI=1S/C32H27Cl2FN4O5S/c1-4-37-17-28(30(34)36-37)45(42,43)38-16-27(19(3)39-31(40)21-8-5-6-9-22(21)32(39)41)44-26-13-12-20(15-25(26)38)14-18(2)29-23(33)10-7-11-24(29)35/h5-15,17,19,27H,4,16H2,1-3H3. The molecule has 2 aliphatic rings. The van der Waals surface area contributed by atoms with Crippen LogP contribution in [0.4, 0.5) is 10.1 Å². The van der Waals surface area contributed by atoms with Gasteiger partial charge in [0.1, 0.15) is 22.6 Å². The summed E-state index contributed by atoms with van der Waals surface area (Å²) in [6.07, 6.45) is 2.10. The fourth-order valence-corrected chi connectivity index (χ4v) is 7.87. The van der Waals surface area contributed by atoms with E-state index in [-0.39, 0.29) is 49.7 Å². The molecule has 2 unspecified atom stereocenters. The van der Waals surface area contributed by atoms with Crippen LogP contribution in [0.5, 0.6) is 5.75 Å². The smallest absolute Gasteiger partial charge is 0.269 e. The minimum absolute atomic E-state index is 0.197. The third-order valence-electron chi connectivity index (χ3n) is 7.96. The highest BCUT2D eigenvalue weighted by Crippen LogP contribution is 2.41. The summed E-state index contributed by atoms with van der Waals surface area (Å²) in [4.78, 5) is 27.4. The number of hydrogen-bond acceptors (Lipinski definition) is 6. The molecule has 45 heavy (non-hydrogen) atoms. The van der Waals surface area contributed by atoms with Gasteiger partial charge in [-0.3, -0.25) is 23.5 Å². The van der Waals surface area contributed by atoms with Gasteiger partial charge < -0.3 is 4.74 Å². The van der Waals surface area contributed by atoms with Crippen LogP contribution in [0.2, 0.25) is 10.2 Å². The molecule has 6 rings (SSSR count). The van der Waals surface area contributed by atoms with E-state index in [4.69, 9.17) is 27.9 Å². The third kappa shape index (κ3) is 5.28. The third-order valence-corrected chi connectivity index (χ3v) is 10.5. The van der Waals surface area contributed by atoms with Crippen molar-refractivity contribution in [3.05, 3.63) is 105 Å². The zero-order valence-corrected chi connectivity index (χ0v) is 26.7. The molecule has 3 aromatic carbocycles. The highest BCUT2D eigenvalue weighted by molar-refractivity contribution is 7.93. The van der Waals surface area contributed by atoms with Gasteiger partial charge >= 0.3 is 0 Å². The molecule has 0 bridgehead atoms. The van der Waals surface area contributed by atoms with Crippen molar-refractivity contribution in [2.24, 2.45) is 0 Å². The lowest BCUT2D eigenvalue weighted by molar-refractivity contribution is 0.0435. The molecular weight excluding hydrogens is 642 g/mol. The quantitative estimate of drug-likeness (QED) is 0.164. The van der Waals surface area contributed by atoms with E-state index in [1.165, 1.54) is 23.0 Å². The van der Waals surface area contributed by atoms with E-state index in [0.29, 0.717) is 17.7 Å². The van der Waals surface area contributed by atoms with Crippen LogP contribution in [0.25, 0.3) is 11.6 Å². The van der Waals surface area contributed by atoms with Gasteiger partial charge in [0, 0.05) is 18.3 Å². The van der Waals surface area contributed by atoms with Crippen molar-refractivity contribution in [1.29, 1.82) is 0 Å². The van der Waals surface area contributed by atoms with Crippen molar-refractivity contribution < 1.29 is 27.1 Å². The van der Waals surface area contributed by atoms with Gasteiger partial charge in [-0.15, -0.1) is 0 Å². The molecule has 0 saturated heterocycles. The maximum absolute atomic E-state index is 14.6. The van der Waals surface area contributed by atoms with Crippen molar-refractivity contribution in [1.82, 2.24) is 14.7 Å². The second-order valence-electron chi connectivity index (χ2n) is 10.7. The van der Waals surface area contributed by atoms with Crippen LogP contribution >= 0.6 is 23.2 Å². The number of halogens is 3. The van der Waals surface area contributed by atoms with Crippen molar-refractivity contribution in [3.8, 4) is 5.75 Å². The summed E-state index contributed by atoms with van der Waals surface area (Å²) < 4.78 is 52.0. The molecule has 2 amide bonds. The molecule has 2 aliphatic heterocycles. The molecule has 0 spiro atoms. The number of hydrogen-bond donors (Lipinski definition) is 0. The second kappa shape index (κ2) is 11.6. The molecule has 0 fully saturated rings. The number of imide groups is 1. The Balaban J connectivity index is 1.43. The largest absolute Gasteiger partial charge is 0.484 e. The Labute approximate surface area is 269 Å². The van der Waals surface area contributed by atoms with Gasteiger partial charge in [0.2, 0.25) is 0 Å². The van der Waals surface area contributed by atoms with Gasteiger partial charge in [-0.2, -0.15) is 5.10 Å². The Kier molecular flexibility index (Phi) is 7.96. The lowest BCUT2D eigenvalue weighted by Gasteiger charge is -2.39. The maximum Gasteiger partial charge on any atom is 0.269 e. The van der Waals surface area contributed by atoms with Gasteiger partial charge in [-0.25, -0.2) is 12.8 Å². The molecule has 13 heteroatoms. The average molecular weight is 670 g/mol. The number of benzene rings is 3. The molecule has 9 nitrogen and oxygen atoms in total. The lowest BCUT2D eigenvalue weighted by Crippen LogP contribution is -2.54. The van der Waals surface area contributed by atoms with Crippen LogP contribution in [0, 0.1) is 5.82 Å². The first-order chi connectivity index (χ1) is 21.4. The van der Waals surface area contributed by atoms with Gasteiger partial charge in [-0.1, -0.05) is 53.5 Å². The number of allylic oxidation sites excluding steroid dienone is 1. The summed E-state index contributed by atoms with van der Waals surface area (Å²) in [6, 6.07) is 15.0. The van der Waals surface area contributed by atoms with Crippen LogP contribution in [-0.4, -0.2) is 53.6 Å². The molecule has 0 radical (unpaired) electrons. The fraction of sp³-hybridized carbons (Fsp3) is 0.219. The number of carbonyl (C=O) groups excluding carboxylic acids is 2. The minimum Gasteiger partial charge on any atom is -0.484 e. The Morgan fingerprint density at radius 1 is 1.09 bits per heavy atom. The summed E-state index contributed by atoms with van der Waals surface area (Å²) in [6.45, 7) is 5.28. The van der Waals surface area contributed by atoms with E-state index in [9.17, 15) is 22.4 Å². The van der Waals surface area contributed by atoms with Crippen LogP contribution in [0.15, 0.2) is 71.8 Å². The van der Waals surface area contributed by atoms with E-state index in [1.807, 2.05) is 0 Å². The van der Waals surface area contributed by atoms with Crippen LogP contribution in [-0.2, 0) is 16.6 Å². The van der Waals surface area contributed by atoms with E-state index in [0.717, 1.165) is 9.21 Å². The molecule has 3 heterocycles. The lowest BCUT2D eigenvalue weighted by atomic mass is 10.0. The summed E-state index contributed by atoms with van der Waals surface area (Å²) >= 11 is 12.6. The van der Waals surface area contributed by atoms with Crippen LogP contribution in [0.1, 0.15) is 52.6 Å². The number of aryl methyl sites for hydroxylation is 1. The van der Waals surface area contributed by atoms with Crippen molar-refractivity contribution >= 4 is 62.4 Å². The fourth-order valence-electron chi connectivity index (χ4n) is 5.63. The molecule has 0 N–H and O–H groups in total. The topological polar surface area (TPSA) is 102 Å². The predicted octanol–water partition coefficient (Wildman–Crippen LogP) is 6.55. The molecule has 4 aromatic rings. The predicted molar refractivity (Wildman–Crippen MR) is 170 cm³/mol. The van der Waals surface area contributed by atoms with E-state index >= 15 is 0 Å². The first kappa shape index (κ1) is 30.8. The normalized spacial score (nSPS) is 17.3. The number of amides is 2. The molecule has 1 aromatic heterocycles. The molecular formula is C32H27Cl2FN4O5S.